The van der Waals surface area contributed by atoms with Crippen LogP contribution in [0.3, 0.4) is 0 Å². The third-order valence-corrected chi connectivity index (χ3v) is 4.65. The topological polar surface area (TPSA) is 92.6 Å². The van der Waals surface area contributed by atoms with Crippen molar-refractivity contribution in [1.82, 2.24) is 0 Å². The van der Waals surface area contributed by atoms with E-state index in [1.165, 1.54) is 6.07 Å². The van der Waals surface area contributed by atoms with E-state index in [1.54, 1.807) is 54.4 Å². The van der Waals surface area contributed by atoms with Crippen LogP contribution in [-0.2, 0) is 22.4 Å². The molecular formula is C23H21N3O4. The lowest BCUT2D eigenvalue weighted by Crippen LogP contribution is -2.27. The second-order valence-corrected chi connectivity index (χ2v) is 6.77. The normalized spacial score (nSPS) is 10.3. The van der Waals surface area contributed by atoms with Crippen LogP contribution in [0.25, 0.3) is 0 Å². The van der Waals surface area contributed by atoms with Crippen molar-refractivity contribution < 1.29 is 14.5 Å². The van der Waals surface area contributed by atoms with Crippen molar-refractivity contribution >= 4 is 28.9 Å². The van der Waals surface area contributed by atoms with Crippen LogP contribution in [-0.4, -0.2) is 23.8 Å². The third-order valence-electron chi connectivity index (χ3n) is 4.65. The molecule has 0 aromatic heterocycles. The van der Waals surface area contributed by atoms with Crippen LogP contribution in [0.15, 0.2) is 78.9 Å². The molecule has 0 saturated carbocycles. The summed E-state index contributed by atoms with van der Waals surface area (Å²) in [6.07, 6.45) is 0.134. The van der Waals surface area contributed by atoms with Crippen molar-refractivity contribution in [3.05, 3.63) is 100 Å². The number of carbonyl (C=O) groups excluding carboxylic acids is 2. The van der Waals surface area contributed by atoms with E-state index in [0.717, 1.165) is 11.3 Å². The highest BCUT2D eigenvalue weighted by atomic mass is 16.6. The molecule has 0 aliphatic rings. The van der Waals surface area contributed by atoms with Crippen molar-refractivity contribution in [3.63, 3.8) is 0 Å². The van der Waals surface area contributed by atoms with Crippen molar-refractivity contribution in [2.75, 3.05) is 17.3 Å². The molecule has 1 N–H and O–H groups in total. The molecule has 0 spiro atoms. The lowest BCUT2D eigenvalue weighted by molar-refractivity contribution is -0.385. The standard InChI is InChI=1S/C23H21N3O4/c1-25(20-8-3-2-4-9-20)23(28)15-17-11-13-19(14-12-17)24-22(27)16-18-7-5-6-10-21(18)26(29)30/h2-14H,15-16H2,1H3,(H,24,27). The highest BCUT2D eigenvalue weighted by molar-refractivity contribution is 5.95. The van der Waals surface area contributed by atoms with E-state index in [1.807, 2.05) is 30.3 Å². The molecule has 3 rings (SSSR count). The Morgan fingerprint density at radius 2 is 1.53 bits per heavy atom. The van der Waals surface area contributed by atoms with Gasteiger partial charge in [0.1, 0.15) is 0 Å². The van der Waals surface area contributed by atoms with Gasteiger partial charge in [0.15, 0.2) is 0 Å². The fourth-order valence-electron chi connectivity index (χ4n) is 3.01. The first kappa shape index (κ1) is 20.7. The Morgan fingerprint density at radius 1 is 0.900 bits per heavy atom. The Kier molecular flexibility index (Phi) is 6.54. The molecular weight excluding hydrogens is 382 g/mol. The number of para-hydroxylation sites is 2. The van der Waals surface area contributed by atoms with Gasteiger partial charge in [0.25, 0.3) is 5.69 Å². The summed E-state index contributed by atoms with van der Waals surface area (Å²) in [6.45, 7) is 0. The van der Waals surface area contributed by atoms with Crippen LogP contribution < -0.4 is 10.2 Å². The fourth-order valence-corrected chi connectivity index (χ4v) is 3.01. The van der Waals surface area contributed by atoms with E-state index in [9.17, 15) is 19.7 Å². The van der Waals surface area contributed by atoms with Crippen LogP contribution in [0.5, 0.6) is 0 Å². The van der Waals surface area contributed by atoms with Crippen molar-refractivity contribution in [1.29, 1.82) is 0 Å². The number of amides is 2. The van der Waals surface area contributed by atoms with Gasteiger partial charge in [-0.25, -0.2) is 0 Å². The van der Waals surface area contributed by atoms with Gasteiger partial charge in [-0.05, 0) is 29.8 Å². The van der Waals surface area contributed by atoms with Gasteiger partial charge >= 0.3 is 0 Å². The Balaban J connectivity index is 1.59. The van der Waals surface area contributed by atoms with Crippen molar-refractivity contribution in [2.45, 2.75) is 12.8 Å². The molecule has 3 aromatic rings. The first-order valence-electron chi connectivity index (χ1n) is 9.37. The smallest absolute Gasteiger partial charge is 0.273 e. The predicted molar refractivity (Wildman–Crippen MR) is 115 cm³/mol. The van der Waals surface area contributed by atoms with E-state index in [2.05, 4.69) is 5.32 Å². The lowest BCUT2D eigenvalue weighted by atomic mass is 10.1. The molecule has 0 radical (unpaired) electrons. The number of anilines is 2. The van der Waals surface area contributed by atoms with Gasteiger partial charge < -0.3 is 10.2 Å². The molecule has 2 amide bonds. The molecule has 7 nitrogen and oxygen atoms in total. The quantitative estimate of drug-likeness (QED) is 0.477. The monoisotopic (exact) mass is 403 g/mol. The van der Waals surface area contributed by atoms with Crippen molar-refractivity contribution in [2.24, 2.45) is 0 Å². The number of nitro groups is 1. The minimum absolute atomic E-state index is 0.0469. The van der Waals surface area contributed by atoms with Gasteiger partial charge in [-0.3, -0.25) is 19.7 Å². The zero-order valence-electron chi connectivity index (χ0n) is 16.4. The van der Waals surface area contributed by atoms with Gasteiger partial charge in [-0.2, -0.15) is 0 Å². The molecule has 0 saturated heterocycles. The molecule has 30 heavy (non-hydrogen) atoms. The molecule has 7 heteroatoms. The van der Waals surface area contributed by atoms with Gasteiger partial charge in [0, 0.05) is 30.1 Å². The third kappa shape index (κ3) is 5.29. The molecule has 0 heterocycles. The van der Waals surface area contributed by atoms with Gasteiger partial charge in [0.05, 0.1) is 17.8 Å². The maximum atomic E-state index is 12.5. The summed E-state index contributed by atoms with van der Waals surface area (Å²) >= 11 is 0. The van der Waals surface area contributed by atoms with Gasteiger partial charge in [0.2, 0.25) is 11.8 Å². The number of nitrogens with one attached hydrogen (secondary N) is 1. The molecule has 0 aliphatic carbocycles. The number of hydrogen-bond acceptors (Lipinski definition) is 4. The van der Waals surface area contributed by atoms with Crippen LogP contribution in [0, 0.1) is 10.1 Å². The van der Waals surface area contributed by atoms with E-state index in [0.29, 0.717) is 11.3 Å². The molecule has 152 valence electrons. The van der Waals surface area contributed by atoms with E-state index < -0.39 is 4.92 Å². The summed E-state index contributed by atoms with van der Waals surface area (Å²) in [6, 6.07) is 22.5. The Hall–Kier alpha value is -4.00. The van der Waals surface area contributed by atoms with Crippen LogP contribution in [0.1, 0.15) is 11.1 Å². The Bertz CT molecular complexity index is 1050. The average Bonchev–Trinajstić information content (AvgIpc) is 2.75. The molecule has 0 unspecified atom stereocenters. The number of hydrogen-bond donors (Lipinski definition) is 1. The maximum Gasteiger partial charge on any atom is 0.273 e. The van der Waals surface area contributed by atoms with Gasteiger partial charge in [-0.15, -0.1) is 0 Å². The molecule has 3 aromatic carbocycles. The van der Waals surface area contributed by atoms with Crippen LogP contribution >= 0.6 is 0 Å². The number of benzene rings is 3. The number of carbonyl (C=O) groups is 2. The lowest BCUT2D eigenvalue weighted by Gasteiger charge is -2.17. The summed E-state index contributed by atoms with van der Waals surface area (Å²) < 4.78 is 0. The van der Waals surface area contributed by atoms with Crippen LogP contribution in [0.4, 0.5) is 17.1 Å². The Labute approximate surface area is 174 Å². The number of nitrogens with zero attached hydrogens (tertiary/aromatic N) is 2. The summed E-state index contributed by atoms with van der Waals surface area (Å²) in [5, 5.41) is 13.8. The summed E-state index contributed by atoms with van der Waals surface area (Å²) in [5.41, 5.74) is 2.47. The Morgan fingerprint density at radius 3 is 2.20 bits per heavy atom. The highest BCUT2D eigenvalue weighted by Gasteiger charge is 2.16. The average molecular weight is 403 g/mol. The minimum atomic E-state index is -0.499. The number of likely N-dealkylation sites (N-methyl/N-ethyl adjacent to an activating group) is 1. The minimum Gasteiger partial charge on any atom is -0.326 e. The van der Waals surface area contributed by atoms with Crippen LogP contribution in [0.2, 0.25) is 0 Å². The first-order valence-corrected chi connectivity index (χ1v) is 9.37. The number of nitro benzene ring substituents is 1. The molecule has 0 aliphatic heterocycles. The first-order chi connectivity index (χ1) is 14.4. The zero-order chi connectivity index (χ0) is 21.5. The SMILES string of the molecule is CN(C(=O)Cc1ccc(NC(=O)Cc2ccccc2[N+](=O)[O-])cc1)c1ccccc1. The number of rotatable bonds is 7. The second-order valence-electron chi connectivity index (χ2n) is 6.77. The summed E-state index contributed by atoms with van der Waals surface area (Å²) in [4.78, 5) is 36.9. The molecule has 0 atom stereocenters. The second kappa shape index (κ2) is 9.47. The molecule has 0 fully saturated rings. The van der Waals surface area contributed by atoms with Crippen molar-refractivity contribution in [3.8, 4) is 0 Å². The fraction of sp³-hybridized carbons (Fsp3) is 0.130. The predicted octanol–water partition coefficient (Wildman–Crippen LogP) is 3.98. The summed E-state index contributed by atoms with van der Waals surface area (Å²) in [7, 11) is 1.73. The van der Waals surface area contributed by atoms with E-state index in [4.69, 9.17) is 0 Å². The van der Waals surface area contributed by atoms with E-state index >= 15 is 0 Å². The van der Waals surface area contributed by atoms with Gasteiger partial charge in [-0.1, -0.05) is 48.5 Å². The van der Waals surface area contributed by atoms with E-state index in [-0.39, 0.29) is 30.3 Å². The summed E-state index contributed by atoms with van der Waals surface area (Å²) in [5.74, 6) is -0.397. The largest absolute Gasteiger partial charge is 0.326 e. The highest BCUT2D eigenvalue weighted by Crippen LogP contribution is 2.19. The maximum absolute atomic E-state index is 12.5. The zero-order valence-corrected chi connectivity index (χ0v) is 16.4. The molecule has 0 bridgehead atoms.